The molecule has 0 radical (unpaired) electrons. The molecule has 0 N–H and O–H groups in total. The molecule has 88 valence electrons. The van der Waals surface area contributed by atoms with Gasteiger partial charge in [0.2, 0.25) is 0 Å². The first kappa shape index (κ1) is 12.3. The van der Waals surface area contributed by atoms with E-state index in [0.717, 1.165) is 11.5 Å². The first-order valence-corrected chi connectivity index (χ1v) is 13.7. The van der Waals surface area contributed by atoms with E-state index in [2.05, 4.69) is 9.88 Å². The van der Waals surface area contributed by atoms with Crippen molar-refractivity contribution in [3.8, 4) is 11.5 Å². The van der Waals surface area contributed by atoms with Gasteiger partial charge in [-0.15, -0.1) is 0 Å². The van der Waals surface area contributed by atoms with Crippen LogP contribution in [0.5, 0.6) is 11.5 Å². The molecule has 2 aromatic rings. The summed E-state index contributed by atoms with van der Waals surface area (Å²) in [7, 11) is 0. The van der Waals surface area contributed by atoms with Crippen LogP contribution < -0.4 is 6.15 Å². The quantitative estimate of drug-likeness (QED) is 0.791. The van der Waals surface area contributed by atoms with Crippen molar-refractivity contribution in [1.82, 2.24) is 0 Å². The van der Waals surface area contributed by atoms with Crippen LogP contribution >= 0.6 is 0 Å². The second-order valence-electron chi connectivity index (χ2n) is 4.23. The van der Waals surface area contributed by atoms with Gasteiger partial charge in [-0.2, -0.15) is 0 Å². The topological polar surface area (TPSA) is 18.5 Å². The molecule has 0 bridgehead atoms. The maximum atomic E-state index is 5.99. The van der Waals surface area contributed by atoms with Crippen molar-refractivity contribution >= 4 is 19.2 Å². The Morgan fingerprint density at radius 3 is 1.35 bits per heavy atom. The molecule has 0 atom stereocenters. The van der Waals surface area contributed by atoms with E-state index >= 15 is 0 Å². The van der Waals surface area contributed by atoms with Crippen LogP contribution in [0, 0.1) is 0 Å². The van der Waals surface area contributed by atoms with Crippen LogP contribution in [-0.2, 0) is 0 Å². The third-order valence-electron chi connectivity index (χ3n) is 2.21. The van der Waals surface area contributed by atoms with Crippen LogP contribution in [0.1, 0.15) is 0 Å². The minimum atomic E-state index is -2.95. The summed E-state index contributed by atoms with van der Waals surface area (Å²) in [4.78, 5) is 4.21. The molecule has 0 fully saturated rings. The predicted molar refractivity (Wildman–Crippen MR) is 71.6 cm³/mol. The predicted octanol–water partition coefficient (Wildman–Crippen LogP) is 3.85. The van der Waals surface area contributed by atoms with E-state index in [1.807, 2.05) is 60.7 Å². The molecule has 0 saturated carbocycles. The average Bonchev–Trinajstić information content (AvgIpc) is 2.30. The van der Waals surface area contributed by atoms with Gasteiger partial charge < -0.3 is 0 Å². The Morgan fingerprint density at radius 1 is 0.647 bits per heavy atom. The molecule has 3 heteroatoms. The average molecular weight is 335 g/mol. The number of para-hydroxylation sites is 2. The van der Waals surface area contributed by atoms with Crippen LogP contribution in [0.15, 0.2) is 60.7 Å². The number of hydrogen-bond donors (Lipinski definition) is 0. The van der Waals surface area contributed by atoms with Crippen molar-refractivity contribution < 1.29 is 6.15 Å². The molecule has 0 aliphatic heterocycles. The first-order valence-electron chi connectivity index (χ1n) is 5.64. The molecule has 0 amide bonds. The van der Waals surface area contributed by atoms with Crippen LogP contribution in [0.4, 0.5) is 0 Å². The molecule has 0 unspecified atom stereocenters. The van der Waals surface area contributed by atoms with Gasteiger partial charge in [-0.25, -0.2) is 0 Å². The summed E-state index contributed by atoms with van der Waals surface area (Å²) < 4.78 is 12.0. The van der Waals surface area contributed by atoms with Crippen LogP contribution in [0.2, 0.25) is 9.88 Å². The molecule has 0 spiro atoms. The molecular formula is C14H16O2Sn. The zero-order chi connectivity index (χ0) is 12.1. The van der Waals surface area contributed by atoms with E-state index < -0.39 is 19.2 Å². The van der Waals surface area contributed by atoms with Crippen molar-refractivity contribution in [2.75, 3.05) is 0 Å². The second kappa shape index (κ2) is 5.45. The van der Waals surface area contributed by atoms with Crippen LogP contribution in [0.25, 0.3) is 0 Å². The Hall–Kier alpha value is -1.16. The number of benzene rings is 2. The zero-order valence-corrected chi connectivity index (χ0v) is 12.9. The first-order chi connectivity index (χ1) is 8.16. The fourth-order valence-corrected chi connectivity index (χ4v) is 5.70. The molecule has 0 heterocycles. The van der Waals surface area contributed by atoms with E-state index in [4.69, 9.17) is 6.15 Å². The molecule has 17 heavy (non-hydrogen) atoms. The van der Waals surface area contributed by atoms with Gasteiger partial charge in [0.05, 0.1) is 0 Å². The van der Waals surface area contributed by atoms with E-state index in [0.29, 0.717) is 0 Å². The van der Waals surface area contributed by atoms with E-state index in [1.54, 1.807) is 0 Å². The van der Waals surface area contributed by atoms with Crippen molar-refractivity contribution in [1.29, 1.82) is 0 Å². The molecule has 2 rings (SSSR count). The van der Waals surface area contributed by atoms with E-state index in [1.165, 1.54) is 0 Å². The Morgan fingerprint density at radius 2 is 1.00 bits per heavy atom. The number of rotatable bonds is 4. The number of hydrogen-bond acceptors (Lipinski definition) is 2. The standard InChI is InChI=1S/2C6H6O.2CH3.Sn/c2*7-6-4-2-1-3-5-6;;;/h2*1-5,7H;2*1H3;/q;;;;+2/p-2. The van der Waals surface area contributed by atoms with Crippen molar-refractivity contribution in [2.45, 2.75) is 9.88 Å². The van der Waals surface area contributed by atoms with Crippen LogP contribution in [0.3, 0.4) is 0 Å². The summed E-state index contributed by atoms with van der Waals surface area (Å²) >= 11 is -2.95. The van der Waals surface area contributed by atoms with Gasteiger partial charge in [-0.3, -0.25) is 0 Å². The van der Waals surface area contributed by atoms with Gasteiger partial charge in [0.1, 0.15) is 0 Å². The third-order valence-corrected chi connectivity index (χ3v) is 6.37. The van der Waals surface area contributed by atoms with E-state index in [-0.39, 0.29) is 0 Å². The normalized spacial score (nSPS) is 10.9. The van der Waals surface area contributed by atoms with Gasteiger partial charge in [-0.05, 0) is 0 Å². The molecule has 0 saturated heterocycles. The summed E-state index contributed by atoms with van der Waals surface area (Å²) in [5.74, 6) is 1.79. The SMILES string of the molecule is [CH3][Sn]([CH3])([O]c1ccccc1)[O]c1ccccc1. The molecule has 0 aliphatic carbocycles. The Balaban J connectivity index is 2.04. The monoisotopic (exact) mass is 336 g/mol. The fraction of sp³-hybridized carbons (Fsp3) is 0.143. The zero-order valence-electron chi connectivity index (χ0n) is 10.1. The van der Waals surface area contributed by atoms with Gasteiger partial charge >= 0.3 is 107 Å². The Bertz CT molecular complexity index is 411. The molecular weight excluding hydrogens is 319 g/mol. The summed E-state index contributed by atoms with van der Waals surface area (Å²) in [6, 6.07) is 19.7. The summed E-state index contributed by atoms with van der Waals surface area (Å²) in [5.41, 5.74) is 0. The molecule has 2 aromatic carbocycles. The van der Waals surface area contributed by atoms with Gasteiger partial charge in [0, 0.05) is 0 Å². The molecule has 0 aliphatic rings. The van der Waals surface area contributed by atoms with Crippen molar-refractivity contribution in [2.24, 2.45) is 0 Å². The summed E-state index contributed by atoms with van der Waals surface area (Å²) in [6.07, 6.45) is 0. The van der Waals surface area contributed by atoms with E-state index in [9.17, 15) is 0 Å². The van der Waals surface area contributed by atoms with Gasteiger partial charge in [0.15, 0.2) is 0 Å². The molecule has 0 aromatic heterocycles. The van der Waals surface area contributed by atoms with Crippen molar-refractivity contribution in [3.05, 3.63) is 60.7 Å². The minimum absolute atomic E-state index is 0.893. The van der Waals surface area contributed by atoms with Crippen molar-refractivity contribution in [3.63, 3.8) is 0 Å². The van der Waals surface area contributed by atoms with Gasteiger partial charge in [-0.1, -0.05) is 0 Å². The Labute approximate surface area is 107 Å². The second-order valence-corrected chi connectivity index (χ2v) is 13.4. The summed E-state index contributed by atoms with van der Waals surface area (Å²) in [6.45, 7) is 0. The third kappa shape index (κ3) is 3.96. The summed E-state index contributed by atoms with van der Waals surface area (Å²) in [5, 5.41) is 0. The van der Waals surface area contributed by atoms with Gasteiger partial charge in [0.25, 0.3) is 0 Å². The maximum absolute atomic E-state index is 5.99. The fourth-order valence-electron chi connectivity index (χ4n) is 1.57. The Kier molecular flexibility index (Phi) is 3.94. The molecule has 2 nitrogen and oxygen atoms in total. The van der Waals surface area contributed by atoms with Crippen LogP contribution in [-0.4, -0.2) is 19.2 Å².